The quantitative estimate of drug-likeness (QED) is 0.610. The summed E-state index contributed by atoms with van der Waals surface area (Å²) in [6.45, 7) is 0.258. The third-order valence-electron chi connectivity index (χ3n) is 3.61. The van der Waals surface area contributed by atoms with Crippen LogP contribution in [0.2, 0.25) is 0 Å². The van der Waals surface area contributed by atoms with Crippen molar-refractivity contribution in [2.75, 3.05) is 25.2 Å². The second kappa shape index (κ2) is 9.07. The third kappa shape index (κ3) is 5.20. The molecule has 0 bridgehead atoms. The first-order valence-corrected chi connectivity index (χ1v) is 8.45. The molecule has 1 atom stereocenters. The lowest BCUT2D eigenvalue weighted by molar-refractivity contribution is -0.136. The van der Waals surface area contributed by atoms with E-state index in [4.69, 9.17) is 5.73 Å². The molecule has 4 N–H and O–H groups in total. The van der Waals surface area contributed by atoms with E-state index in [1.165, 1.54) is 0 Å². The zero-order chi connectivity index (χ0) is 15.0. The van der Waals surface area contributed by atoms with Crippen LogP contribution in [0.15, 0.2) is 0 Å². The van der Waals surface area contributed by atoms with Gasteiger partial charge in [0.15, 0.2) is 0 Å². The van der Waals surface area contributed by atoms with Crippen LogP contribution in [0.3, 0.4) is 0 Å². The van der Waals surface area contributed by atoms with Crippen LogP contribution < -0.4 is 11.1 Å². The number of amides is 3. The van der Waals surface area contributed by atoms with Crippen molar-refractivity contribution in [1.29, 1.82) is 0 Å². The van der Waals surface area contributed by atoms with Gasteiger partial charge >= 0.3 is 6.03 Å². The van der Waals surface area contributed by atoms with Gasteiger partial charge in [0, 0.05) is 12.6 Å². The van der Waals surface area contributed by atoms with Gasteiger partial charge in [0.1, 0.15) is 6.04 Å². The summed E-state index contributed by atoms with van der Waals surface area (Å²) < 4.78 is 0. The molecule has 0 aliphatic heterocycles. The average Bonchev–Trinajstić information content (AvgIpc) is 2.93. The highest BCUT2D eigenvalue weighted by Gasteiger charge is 2.31. The highest BCUT2D eigenvalue weighted by atomic mass is 32.2. The van der Waals surface area contributed by atoms with Crippen LogP contribution in [-0.2, 0) is 4.79 Å². The Morgan fingerprint density at radius 3 is 2.60 bits per heavy atom. The number of carbonyl (C=O) groups is 2. The van der Waals surface area contributed by atoms with Crippen molar-refractivity contribution in [2.24, 2.45) is 5.73 Å². The number of hydrogen-bond donors (Lipinski definition) is 3. The fraction of sp³-hybridized carbons (Fsp3) is 0.846. The van der Waals surface area contributed by atoms with E-state index in [2.05, 4.69) is 5.32 Å². The van der Waals surface area contributed by atoms with E-state index in [1.807, 2.05) is 6.26 Å². The molecule has 0 aromatic heterocycles. The largest absolute Gasteiger partial charge is 0.395 e. The van der Waals surface area contributed by atoms with E-state index >= 15 is 0 Å². The predicted octanol–water partition coefficient (Wildman–Crippen LogP) is 0.540. The molecule has 1 aliphatic carbocycles. The smallest absolute Gasteiger partial charge is 0.312 e. The molecule has 1 saturated carbocycles. The summed E-state index contributed by atoms with van der Waals surface area (Å²) in [5.41, 5.74) is 5.15. The minimum absolute atomic E-state index is 0.0614. The second-order valence-electron chi connectivity index (χ2n) is 5.04. The summed E-state index contributed by atoms with van der Waals surface area (Å²) in [6.07, 6.45) is 6.66. The molecule has 0 aromatic carbocycles. The zero-order valence-corrected chi connectivity index (χ0v) is 12.8. The van der Waals surface area contributed by atoms with Crippen molar-refractivity contribution >= 4 is 23.7 Å². The SMILES string of the molecule is CSCCC(NC(N)=O)C(=O)N(CCO)C1CCCC1. The van der Waals surface area contributed by atoms with Gasteiger partial charge < -0.3 is 21.1 Å². The summed E-state index contributed by atoms with van der Waals surface area (Å²) in [6, 6.07) is -1.09. The number of aliphatic hydroxyl groups is 1. The molecule has 3 amide bonds. The molecule has 1 aliphatic rings. The number of hydrogen-bond acceptors (Lipinski definition) is 4. The second-order valence-corrected chi connectivity index (χ2v) is 6.02. The maximum absolute atomic E-state index is 12.6. The number of carbonyl (C=O) groups excluding carboxylic acids is 2. The summed E-state index contributed by atoms with van der Waals surface area (Å²) in [5, 5.41) is 11.7. The Bertz CT molecular complexity index is 322. The van der Waals surface area contributed by atoms with Gasteiger partial charge in [-0.1, -0.05) is 12.8 Å². The Kier molecular flexibility index (Phi) is 7.76. The number of nitrogens with one attached hydrogen (secondary N) is 1. The Morgan fingerprint density at radius 1 is 1.45 bits per heavy atom. The van der Waals surface area contributed by atoms with Gasteiger partial charge in [-0.3, -0.25) is 4.79 Å². The maximum Gasteiger partial charge on any atom is 0.312 e. The van der Waals surface area contributed by atoms with Crippen molar-refractivity contribution < 1.29 is 14.7 Å². The molecule has 0 saturated heterocycles. The van der Waals surface area contributed by atoms with Gasteiger partial charge in [-0.05, 0) is 31.3 Å². The van der Waals surface area contributed by atoms with Crippen molar-refractivity contribution in [2.45, 2.75) is 44.2 Å². The van der Waals surface area contributed by atoms with Crippen molar-refractivity contribution in [1.82, 2.24) is 10.2 Å². The lowest BCUT2D eigenvalue weighted by Gasteiger charge is -2.32. The van der Waals surface area contributed by atoms with Crippen molar-refractivity contribution in [3.63, 3.8) is 0 Å². The predicted molar refractivity (Wildman–Crippen MR) is 80.6 cm³/mol. The van der Waals surface area contributed by atoms with Gasteiger partial charge in [0.25, 0.3) is 0 Å². The Hall–Kier alpha value is -0.950. The molecular weight excluding hydrogens is 278 g/mol. The van der Waals surface area contributed by atoms with Crippen LogP contribution in [0.1, 0.15) is 32.1 Å². The zero-order valence-electron chi connectivity index (χ0n) is 12.0. The summed E-state index contributed by atoms with van der Waals surface area (Å²) in [5.74, 6) is 0.646. The van der Waals surface area contributed by atoms with Crippen LogP contribution in [0, 0.1) is 0 Å². The van der Waals surface area contributed by atoms with Gasteiger partial charge in [-0.25, -0.2) is 4.79 Å². The molecule has 1 fully saturated rings. The van der Waals surface area contributed by atoms with Gasteiger partial charge in [0.05, 0.1) is 6.61 Å². The minimum atomic E-state index is -0.681. The first-order valence-electron chi connectivity index (χ1n) is 7.06. The van der Waals surface area contributed by atoms with E-state index in [0.29, 0.717) is 13.0 Å². The van der Waals surface area contributed by atoms with E-state index in [1.54, 1.807) is 16.7 Å². The molecule has 20 heavy (non-hydrogen) atoms. The monoisotopic (exact) mass is 303 g/mol. The minimum Gasteiger partial charge on any atom is -0.395 e. The first kappa shape index (κ1) is 17.1. The highest BCUT2D eigenvalue weighted by Crippen LogP contribution is 2.24. The first-order chi connectivity index (χ1) is 9.60. The molecule has 6 nitrogen and oxygen atoms in total. The average molecular weight is 303 g/mol. The normalized spacial score (nSPS) is 16.9. The molecular formula is C13H25N3O3S. The molecule has 0 radical (unpaired) electrons. The lowest BCUT2D eigenvalue weighted by Crippen LogP contribution is -2.53. The molecule has 7 heteroatoms. The molecule has 116 valence electrons. The van der Waals surface area contributed by atoms with Gasteiger partial charge in [-0.2, -0.15) is 11.8 Å². The third-order valence-corrected chi connectivity index (χ3v) is 4.26. The number of urea groups is 1. The van der Waals surface area contributed by atoms with Crippen LogP contribution in [0.25, 0.3) is 0 Å². The van der Waals surface area contributed by atoms with Crippen molar-refractivity contribution in [3.05, 3.63) is 0 Å². The topological polar surface area (TPSA) is 95.7 Å². The molecule has 0 heterocycles. The van der Waals surface area contributed by atoms with Crippen LogP contribution in [0.5, 0.6) is 0 Å². The number of rotatable bonds is 8. The van der Waals surface area contributed by atoms with Crippen LogP contribution >= 0.6 is 11.8 Å². The Morgan fingerprint density at radius 2 is 2.10 bits per heavy atom. The van der Waals surface area contributed by atoms with E-state index < -0.39 is 12.1 Å². The molecule has 0 spiro atoms. The van der Waals surface area contributed by atoms with Crippen molar-refractivity contribution in [3.8, 4) is 0 Å². The lowest BCUT2D eigenvalue weighted by atomic mass is 10.1. The number of thioether (sulfide) groups is 1. The van der Waals surface area contributed by atoms with E-state index in [9.17, 15) is 14.7 Å². The summed E-state index contributed by atoms with van der Waals surface area (Å²) >= 11 is 1.62. The fourth-order valence-electron chi connectivity index (χ4n) is 2.66. The van der Waals surface area contributed by atoms with Gasteiger partial charge in [-0.15, -0.1) is 0 Å². The maximum atomic E-state index is 12.6. The number of aliphatic hydroxyl groups excluding tert-OH is 1. The summed E-state index contributed by atoms with van der Waals surface area (Å²) in [4.78, 5) is 25.4. The van der Waals surface area contributed by atoms with Crippen LogP contribution in [0.4, 0.5) is 4.79 Å². The Labute approximate surface area is 124 Å². The summed E-state index contributed by atoms with van der Waals surface area (Å²) in [7, 11) is 0. The molecule has 1 unspecified atom stereocenters. The number of primary amides is 1. The van der Waals surface area contributed by atoms with Gasteiger partial charge in [0.2, 0.25) is 5.91 Å². The van der Waals surface area contributed by atoms with E-state index in [-0.39, 0.29) is 18.6 Å². The van der Waals surface area contributed by atoms with Crippen LogP contribution in [-0.4, -0.2) is 59.2 Å². The Balaban J connectivity index is 2.72. The standard InChI is InChI=1S/C13H25N3O3S/c1-20-9-6-11(15-13(14)19)12(18)16(7-8-17)10-4-2-3-5-10/h10-11,17H,2-9H2,1H3,(H3,14,15,19). The molecule has 0 aromatic rings. The number of nitrogens with two attached hydrogens (primary N) is 1. The van der Waals surface area contributed by atoms with E-state index in [0.717, 1.165) is 31.4 Å². The number of nitrogens with zero attached hydrogens (tertiary/aromatic N) is 1. The highest BCUT2D eigenvalue weighted by molar-refractivity contribution is 7.98. The molecule has 1 rings (SSSR count). The fourth-order valence-corrected chi connectivity index (χ4v) is 3.13.